The maximum absolute atomic E-state index is 12.7. The first kappa shape index (κ1) is 23.8. The number of rotatable bonds is 7. The fourth-order valence-electron chi connectivity index (χ4n) is 4.09. The van der Waals surface area contributed by atoms with Crippen molar-refractivity contribution >= 4 is 29.3 Å². The number of hydrogen-bond acceptors (Lipinski definition) is 5. The second kappa shape index (κ2) is 10.7. The Morgan fingerprint density at radius 2 is 2.06 bits per heavy atom. The Balaban J connectivity index is 1.53. The van der Waals surface area contributed by atoms with Gasteiger partial charge in [-0.05, 0) is 62.1 Å². The zero-order valence-electron chi connectivity index (χ0n) is 19.7. The quantitative estimate of drug-likeness (QED) is 0.439. The normalized spacial score (nSPS) is 13.4. The summed E-state index contributed by atoms with van der Waals surface area (Å²) in [7, 11) is 1.54. The Hall–Kier alpha value is -3.32. The van der Waals surface area contributed by atoms with Crippen molar-refractivity contribution in [3.05, 3.63) is 58.4 Å². The van der Waals surface area contributed by atoms with Crippen molar-refractivity contribution in [1.29, 1.82) is 0 Å². The molecule has 0 aliphatic carbocycles. The number of hydrogen-bond donors (Lipinski definition) is 1. The molecule has 178 valence electrons. The number of anilines is 1. The summed E-state index contributed by atoms with van der Waals surface area (Å²) in [5.74, 6) is 2.65. The fraction of sp³-hybridized carbons (Fsp3) is 0.346. The fourth-order valence-corrected chi connectivity index (χ4v) is 4.38. The van der Waals surface area contributed by atoms with E-state index in [0.717, 1.165) is 59.8 Å². The highest BCUT2D eigenvalue weighted by Crippen LogP contribution is 2.36. The average Bonchev–Trinajstić information content (AvgIpc) is 3.07. The molecule has 1 amide bonds. The van der Waals surface area contributed by atoms with Gasteiger partial charge in [-0.2, -0.15) is 0 Å². The first-order valence-electron chi connectivity index (χ1n) is 11.5. The lowest BCUT2D eigenvalue weighted by atomic mass is 10.1. The number of nitrogens with zero attached hydrogens (tertiary/aromatic N) is 3. The summed E-state index contributed by atoms with van der Waals surface area (Å²) in [6, 6.07) is 9.50. The minimum atomic E-state index is -0.245. The van der Waals surface area contributed by atoms with Gasteiger partial charge in [-0.3, -0.25) is 4.79 Å². The molecule has 0 radical (unpaired) electrons. The zero-order valence-corrected chi connectivity index (χ0v) is 20.5. The Labute approximate surface area is 204 Å². The molecule has 0 unspecified atom stereocenters. The van der Waals surface area contributed by atoms with E-state index in [1.165, 1.54) is 12.5 Å². The predicted molar refractivity (Wildman–Crippen MR) is 135 cm³/mol. The highest BCUT2D eigenvalue weighted by molar-refractivity contribution is 6.32. The van der Waals surface area contributed by atoms with Crippen LogP contribution in [0.15, 0.2) is 36.4 Å². The van der Waals surface area contributed by atoms with Crippen LogP contribution in [-0.4, -0.2) is 34.4 Å². The molecular weight excluding hydrogens is 452 g/mol. The van der Waals surface area contributed by atoms with Gasteiger partial charge in [0.15, 0.2) is 17.3 Å². The van der Waals surface area contributed by atoms with E-state index >= 15 is 0 Å². The number of carbonyl (C=O) groups is 1. The average molecular weight is 481 g/mol. The van der Waals surface area contributed by atoms with Crippen molar-refractivity contribution in [1.82, 2.24) is 14.8 Å². The summed E-state index contributed by atoms with van der Waals surface area (Å²) in [5.41, 5.74) is 3.38. The first-order valence-corrected chi connectivity index (χ1v) is 11.9. The van der Waals surface area contributed by atoms with Crippen LogP contribution in [0.5, 0.6) is 11.5 Å². The lowest BCUT2D eigenvalue weighted by molar-refractivity contribution is -0.111. The first-order chi connectivity index (χ1) is 16.5. The molecule has 1 aromatic heterocycles. The van der Waals surface area contributed by atoms with Gasteiger partial charge in [-0.25, -0.2) is 0 Å². The van der Waals surface area contributed by atoms with Crippen LogP contribution in [0, 0.1) is 6.92 Å². The van der Waals surface area contributed by atoms with Crippen molar-refractivity contribution in [3.8, 4) is 22.9 Å². The van der Waals surface area contributed by atoms with E-state index in [2.05, 4.69) is 20.1 Å². The van der Waals surface area contributed by atoms with Crippen molar-refractivity contribution < 1.29 is 14.3 Å². The highest BCUT2D eigenvalue weighted by Gasteiger charge is 2.17. The lowest BCUT2D eigenvalue weighted by Gasteiger charge is -2.12. The number of amides is 1. The number of carbonyl (C=O) groups excluding carboxylic acids is 1. The Morgan fingerprint density at radius 3 is 2.85 bits per heavy atom. The third-order valence-electron chi connectivity index (χ3n) is 5.83. The molecule has 3 aromatic rings. The van der Waals surface area contributed by atoms with E-state index in [-0.39, 0.29) is 5.91 Å². The van der Waals surface area contributed by atoms with Crippen LogP contribution in [0.4, 0.5) is 5.69 Å². The standard InChI is InChI=1S/C26H29ClN4O3/c1-4-34-22-15-18(14-20(27)25(22)33-3)10-12-24(32)28-21-16-19(11-9-17(21)2)26-30-29-23-8-6-5-7-13-31(23)26/h9-12,14-16H,4-8,13H2,1-3H3,(H,28,32)/b12-10+. The number of nitrogens with one attached hydrogen (secondary N) is 1. The number of ether oxygens (including phenoxy) is 2. The van der Waals surface area contributed by atoms with Gasteiger partial charge in [-0.15, -0.1) is 10.2 Å². The second-order valence-electron chi connectivity index (χ2n) is 8.22. The maximum atomic E-state index is 12.7. The summed E-state index contributed by atoms with van der Waals surface area (Å²) in [6.07, 6.45) is 7.59. The van der Waals surface area contributed by atoms with Crippen LogP contribution in [0.1, 0.15) is 43.1 Å². The van der Waals surface area contributed by atoms with Gasteiger partial charge in [-0.1, -0.05) is 30.2 Å². The monoisotopic (exact) mass is 480 g/mol. The summed E-state index contributed by atoms with van der Waals surface area (Å²) in [5, 5.41) is 12.2. The topological polar surface area (TPSA) is 78.3 Å². The van der Waals surface area contributed by atoms with Gasteiger partial charge in [0.1, 0.15) is 5.82 Å². The Morgan fingerprint density at radius 1 is 1.21 bits per heavy atom. The van der Waals surface area contributed by atoms with Gasteiger partial charge in [0, 0.05) is 30.3 Å². The van der Waals surface area contributed by atoms with Crippen LogP contribution < -0.4 is 14.8 Å². The molecule has 2 aromatic carbocycles. The molecule has 0 saturated heterocycles. The van der Waals surface area contributed by atoms with E-state index in [9.17, 15) is 4.79 Å². The van der Waals surface area contributed by atoms with Gasteiger partial charge in [0.25, 0.3) is 0 Å². The SMILES string of the molecule is CCOc1cc(/C=C/C(=O)Nc2cc(-c3nnc4n3CCCCC4)ccc2C)cc(Cl)c1OC. The largest absolute Gasteiger partial charge is 0.491 e. The molecule has 0 atom stereocenters. The minimum absolute atomic E-state index is 0.245. The summed E-state index contributed by atoms with van der Waals surface area (Å²) in [6.45, 7) is 5.25. The predicted octanol–water partition coefficient (Wildman–Crippen LogP) is 5.69. The van der Waals surface area contributed by atoms with Gasteiger partial charge in [0.05, 0.1) is 18.7 Å². The van der Waals surface area contributed by atoms with Crippen molar-refractivity contribution in [2.24, 2.45) is 0 Å². The molecule has 0 bridgehead atoms. The van der Waals surface area contributed by atoms with Gasteiger partial charge < -0.3 is 19.4 Å². The lowest BCUT2D eigenvalue weighted by Crippen LogP contribution is -2.09. The molecule has 1 N–H and O–H groups in total. The molecule has 7 nitrogen and oxygen atoms in total. The zero-order chi connectivity index (χ0) is 24.1. The second-order valence-corrected chi connectivity index (χ2v) is 8.63. The molecule has 2 heterocycles. The van der Waals surface area contributed by atoms with Crippen LogP contribution >= 0.6 is 11.6 Å². The van der Waals surface area contributed by atoms with Crippen LogP contribution in [0.2, 0.25) is 5.02 Å². The van der Waals surface area contributed by atoms with E-state index < -0.39 is 0 Å². The molecule has 0 spiro atoms. The van der Waals surface area contributed by atoms with Crippen molar-refractivity contribution in [3.63, 3.8) is 0 Å². The number of aryl methyl sites for hydroxylation is 2. The summed E-state index contributed by atoms with van der Waals surface area (Å²) < 4.78 is 13.1. The molecule has 0 fully saturated rings. The molecular formula is C26H29ClN4O3. The Kier molecular flexibility index (Phi) is 7.53. The maximum Gasteiger partial charge on any atom is 0.248 e. The molecule has 0 saturated carbocycles. The molecule has 34 heavy (non-hydrogen) atoms. The van der Waals surface area contributed by atoms with Gasteiger partial charge >= 0.3 is 0 Å². The third-order valence-corrected chi connectivity index (χ3v) is 6.11. The van der Waals surface area contributed by atoms with Crippen LogP contribution in [0.25, 0.3) is 17.5 Å². The van der Waals surface area contributed by atoms with Crippen molar-refractivity contribution in [2.75, 3.05) is 19.0 Å². The van der Waals surface area contributed by atoms with Crippen molar-refractivity contribution in [2.45, 2.75) is 46.1 Å². The van der Waals surface area contributed by atoms with E-state index in [1.54, 1.807) is 25.3 Å². The molecule has 1 aliphatic rings. The molecule has 4 rings (SSSR count). The number of aromatic nitrogens is 3. The highest BCUT2D eigenvalue weighted by atomic mass is 35.5. The smallest absolute Gasteiger partial charge is 0.248 e. The third kappa shape index (κ3) is 5.25. The molecule has 8 heteroatoms. The van der Waals surface area contributed by atoms with Crippen LogP contribution in [0.3, 0.4) is 0 Å². The summed E-state index contributed by atoms with van der Waals surface area (Å²) in [4.78, 5) is 12.7. The van der Waals surface area contributed by atoms with E-state index in [4.69, 9.17) is 21.1 Å². The minimum Gasteiger partial charge on any atom is -0.491 e. The van der Waals surface area contributed by atoms with E-state index in [0.29, 0.717) is 23.1 Å². The van der Waals surface area contributed by atoms with Crippen LogP contribution in [-0.2, 0) is 17.8 Å². The number of methoxy groups -OCH3 is 1. The Bertz CT molecular complexity index is 1220. The van der Waals surface area contributed by atoms with E-state index in [1.807, 2.05) is 32.0 Å². The number of benzene rings is 2. The summed E-state index contributed by atoms with van der Waals surface area (Å²) >= 11 is 6.31. The number of halogens is 1. The van der Waals surface area contributed by atoms with Gasteiger partial charge in [0.2, 0.25) is 5.91 Å². The number of fused-ring (bicyclic) bond motifs is 1. The molecule has 1 aliphatic heterocycles.